The van der Waals surface area contributed by atoms with Crippen molar-refractivity contribution in [2.75, 3.05) is 45.4 Å². The van der Waals surface area contributed by atoms with E-state index in [0.717, 1.165) is 36.2 Å². The molecule has 0 radical (unpaired) electrons. The van der Waals surface area contributed by atoms with Crippen LogP contribution in [-0.2, 0) is 17.8 Å². The molecule has 0 aliphatic carbocycles. The van der Waals surface area contributed by atoms with Gasteiger partial charge in [-0.25, -0.2) is 4.98 Å². The number of hydrogen-bond acceptors (Lipinski definition) is 5. The van der Waals surface area contributed by atoms with Crippen molar-refractivity contribution in [3.8, 4) is 5.75 Å². The number of benzene rings is 1. The molecular formula is C24H35N5O2. The minimum Gasteiger partial charge on any atom is -0.491 e. The van der Waals surface area contributed by atoms with Crippen LogP contribution in [0.2, 0.25) is 0 Å². The number of pyridine rings is 1. The molecule has 168 valence electrons. The molecule has 31 heavy (non-hydrogen) atoms. The van der Waals surface area contributed by atoms with E-state index in [1.807, 2.05) is 6.20 Å². The third kappa shape index (κ3) is 7.14. The molecule has 0 amide bonds. The summed E-state index contributed by atoms with van der Waals surface area (Å²) < 4.78 is 11.0. The Morgan fingerprint density at radius 3 is 2.65 bits per heavy atom. The van der Waals surface area contributed by atoms with Gasteiger partial charge in [-0.3, -0.25) is 4.99 Å². The molecule has 2 heterocycles. The maximum absolute atomic E-state index is 5.89. The maximum Gasteiger partial charge on any atom is 0.191 e. The first-order valence-electron chi connectivity index (χ1n) is 11.1. The second-order valence-corrected chi connectivity index (χ2v) is 7.80. The first-order chi connectivity index (χ1) is 15.2. The number of anilines is 1. The summed E-state index contributed by atoms with van der Waals surface area (Å²) in [5.74, 6) is 2.69. The summed E-state index contributed by atoms with van der Waals surface area (Å²) in [6, 6.07) is 10.5. The Balaban J connectivity index is 1.54. The third-order valence-electron chi connectivity index (χ3n) is 5.39. The molecule has 1 aromatic heterocycles. The van der Waals surface area contributed by atoms with Crippen molar-refractivity contribution in [1.29, 1.82) is 0 Å². The maximum atomic E-state index is 5.89. The van der Waals surface area contributed by atoms with Crippen molar-refractivity contribution >= 4 is 11.8 Å². The SMILES string of the molecule is CN=C(NCc1ccnc(N2CCCCC2)c1)NCc1ccc(C)cc1OCCOC. The van der Waals surface area contributed by atoms with Crippen LogP contribution in [-0.4, -0.2) is 51.4 Å². The molecule has 1 fully saturated rings. The molecule has 0 saturated carbocycles. The lowest BCUT2D eigenvalue weighted by Crippen LogP contribution is -2.36. The number of aromatic nitrogens is 1. The van der Waals surface area contributed by atoms with Gasteiger partial charge in [0.15, 0.2) is 5.96 Å². The van der Waals surface area contributed by atoms with Gasteiger partial charge in [0.1, 0.15) is 18.2 Å². The lowest BCUT2D eigenvalue weighted by Gasteiger charge is -2.28. The molecule has 7 heteroatoms. The Kier molecular flexibility index (Phi) is 8.97. The van der Waals surface area contributed by atoms with E-state index >= 15 is 0 Å². The van der Waals surface area contributed by atoms with Crippen LogP contribution in [0.3, 0.4) is 0 Å². The number of ether oxygens (including phenoxy) is 2. The van der Waals surface area contributed by atoms with Gasteiger partial charge in [-0.1, -0.05) is 12.1 Å². The number of piperidine rings is 1. The molecule has 1 aromatic carbocycles. The van der Waals surface area contributed by atoms with Crippen molar-refractivity contribution in [2.45, 2.75) is 39.3 Å². The molecule has 2 aromatic rings. The fourth-order valence-electron chi connectivity index (χ4n) is 3.63. The summed E-state index contributed by atoms with van der Waals surface area (Å²) in [6.45, 7) is 6.66. The lowest BCUT2D eigenvalue weighted by molar-refractivity contribution is 0.145. The Hall–Kier alpha value is -2.80. The van der Waals surface area contributed by atoms with Crippen molar-refractivity contribution < 1.29 is 9.47 Å². The summed E-state index contributed by atoms with van der Waals surface area (Å²) in [5.41, 5.74) is 3.44. The number of rotatable bonds is 9. The normalized spacial score (nSPS) is 14.4. The highest BCUT2D eigenvalue weighted by molar-refractivity contribution is 5.79. The molecule has 0 spiro atoms. The Bertz CT molecular complexity index is 850. The summed E-state index contributed by atoms with van der Waals surface area (Å²) in [4.78, 5) is 11.3. The summed E-state index contributed by atoms with van der Waals surface area (Å²) in [5, 5.41) is 6.79. The number of methoxy groups -OCH3 is 1. The van der Waals surface area contributed by atoms with E-state index in [-0.39, 0.29) is 0 Å². The van der Waals surface area contributed by atoms with Crippen molar-refractivity contribution in [2.24, 2.45) is 4.99 Å². The molecule has 0 atom stereocenters. The fraction of sp³-hybridized carbons (Fsp3) is 0.500. The number of nitrogens with one attached hydrogen (secondary N) is 2. The highest BCUT2D eigenvalue weighted by atomic mass is 16.5. The standard InChI is InChI=1S/C24H35N5O2/c1-19-7-8-21(22(15-19)31-14-13-30-3)18-28-24(25-2)27-17-20-9-10-26-23(16-20)29-11-5-4-6-12-29/h7-10,15-16H,4-6,11-14,17-18H2,1-3H3,(H2,25,27,28). The highest BCUT2D eigenvalue weighted by Gasteiger charge is 2.12. The van der Waals surface area contributed by atoms with Crippen LogP contribution in [0.5, 0.6) is 5.75 Å². The van der Waals surface area contributed by atoms with Crippen LogP contribution in [0, 0.1) is 6.92 Å². The quantitative estimate of drug-likeness (QED) is 0.365. The fourth-order valence-corrected chi connectivity index (χ4v) is 3.63. The average molecular weight is 426 g/mol. The monoisotopic (exact) mass is 425 g/mol. The molecule has 1 saturated heterocycles. The second kappa shape index (κ2) is 12.2. The van der Waals surface area contributed by atoms with Gasteiger partial charge >= 0.3 is 0 Å². The zero-order valence-corrected chi connectivity index (χ0v) is 19.0. The zero-order valence-electron chi connectivity index (χ0n) is 19.0. The van der Waals surface area contributed by atoms with Gasteiger partial charge in [-0.05, 0) is 55.5 Å². The van der Waals surface area contributed by atoms with Gasteiger partial charge in [-0.15, -0.1) is 0 Å². The number of guanidine groups is 1. The predicted octanol–water partition coefficient (Wildman–Crippen LogP) is 3.27. The first kappa shape index (κ1) is 22.9. The van der Waals surface area contributed by atoms with Crippen molar-refractivity contribution in [1.82, 2.24) is 15.6 Å². The highest BCUT2D eigenvalue weighted by Crippen LogP contribution is 2.20. The minimum absolute atomic E-state index is 0.529. The third-order valence-corrected chi connectivity index (χ3v) is 5.39. The Morgan fingerprint density at radius 2 is 1.87 bits per heavy atom. The first-order valence-corrected chi connectivity index (χ1v) is 11.1. The lowest BCUT2D eigenvalue weighted by atomic mass is 10.1. The zero-order chi connectivity index (χ0) is 21.9. The van der Waals surface area contributed by atoms with E-state index < -0.39 is 0 Å². The van der Waals surface area contributed by atoms with E-state index in [4.69, 9.17) is 9.47 Å². The molecule has 7 nitrogen and oxygen atoms in total. The van der Waals surface area contributed by atoms with Crippen LogP contribution in [0.1, 0.15) is 36.0 Å². The van der Waals surface area contributed by atoms with E-state index in [0.29, 0.717) is 26.3 Å². The molecule has 1 aliphatic heterocycles. The van der Waals surface area contributed by atoms with Gasteiger partial charge in [0.05, 0.1) is 6.61 Å². The van der Waals surface area contributed by atoms with Crippen LogP contribution in [0.25, 0.3) is 0 Å². The van der Waals surface area contributed by atoms with Gasteiger partial charge in [0.25, 0.3) is 0 Å². The molecule has 0 bridgehead atoms. The number of aliphatic imine (C=N–C) groups is 1. The van der Waals surface area contributed by atoms with Crippen LogP contribution < -0.4 is 20.3 Å². The molecular weight excluding hydrogens is 390 g/mol. The largest absolute Gasteiger partial charge is 0.491 e. The number of nitrogens with zero attached hydrogens (tertiary/aromatic N) is 3. The number of hydrogen-bond donors (Lipinski definition) is 2. The van der Waals surface area contributed by atoms with Gasteiger partial charge in [0.2, 0.25) is 0 Å². The predicted molar refractivity (Wildman–Crippen MR) is 126 cm³/mol. The van der Waals surface area contributed by atoms with E-state index in [1.54, 1.807) is 14.2 Å². The smallest absolute Gasteiger partial charge is 0.191 e. The van der Waals surface area contributed by atoms with Crippen LogP contribution >= 0.6 is 0 Å². The Morgan fingerprint density at radius 1 is 1.06 bits per heavy atom. The molecule has 0 unspecified atom stereocenters. The van der Waals surface area contributed by atoms with E-state index in [9.17, 15) is 0 Å². The van der Waals surface area contributed by atoms with Crippen LogP contribution in [0.15, 0.2) is 41.5 Å². The van der Waals surface area contributed by atoms with Crippen LogP contribution in [0.4, 0.5) is 5.82 Å². The topological polar surface area (TPSA) is 71.0 Å². The number of aryl methyl sites for hydroxylation is 1. The molecule has 2 N–H and O–H groups in total. The minimum atomic E-state index is 0.529. The average Bonchev–Trinajstić information content (AvgIpc) is 2.81. The van der Waals surface area contributed by atoms with Gasteiger partial charge in [-0.2, -0.15) is 0 Å². The van der Waals surface area contributed by atoms with Crippen molar-refractivity contribution in [3.05, 3.63) is 53.2 Å². The summed E-state index contributed by atoms with van der Waals surface area (Å²) in [7, 11) is 3.46. The molecule has 1 aliphatic rings. The summed E-state index contributed by atoms with van der Waals surface area (Å²) in [6.07, 6.45) is 5.71. The van der Waals surface area contributed by atoms with E-state index in [2.05, 4.69) is 62.8 Å². The van der Waals surface area contributed by atoms with E-state index in [1.165, 1.54) is 30.4 Å². The van der Waals surface area contributed by atoms with Crippen molar-refractivity contribution in [3.63, 3.8) is 0 Å². The Labute approximate surface area is 185 Å². The van der Waals surface area contributed by atoms with Gasteiger partial charge < -0.3 is 25.0 Å². The molecule has 3 rings (SSSR count). The second-order valence-electron chi connectivity index (χ2n) is 7.80. The summed E-state index contributed by atoms with van der Waals surface area (Å²) >= 11 is 0. The van der Waals surface area contributed by atoms with Gasteiger partial charge in [0, 0.05) is 52.1 Å².